The maximum atomic E-state index is 12.7. The van der Waals surface area contributed by atoms with Crippen molar-refractivity contribution in [2.24, 2.45) is 5.41 Å². The summed E-state index contributed by atoms with van der Waals surface area (Å²) >= 11 is 0. The quantitative estimate of drug-likeness (QED) is 0.0804. The van der Waals surface area contributed by atoms with Gasteiger partial charge in [-0.25, -0.2) is 4.79 Å². The zero-order valence-electron chi connectivity index (χ0n) is 30.1. The molecule has 1 fully saturated rings. The second-order valence-electron chi connectivity index (χ2n) is 12.4. The highest BCUT2D eigenvalue weighted by molar-refractivity contribution is 5.83. The minimum absolute atomic E-state index is 0.227. The topological polar surface area (TPSA) is 117 Å². The van der Waals surface area contributed by atoms with E-state index in [4.69, 9.17) is 42.6 Å². The number of esters is 2. The van der Waals surface area contributed by atoms with Gasteiger partial charge in [0, 0.05) is 46.2 Å². The fraction of sp³-hybridized carbons (Fsp3) is 0.526. The first-order chi connectivity index (χ1) is 23.4. The maximum Gasteiger partial charge on any atom is 0.330 e. The fourth-order valence-electron chi connectivity index (χ4n) is 5.85. The second-order valence-corrected chi connectivity index (χ2v) is 12.4. The lowest BCUT2D eigenvalue weighted by atomic mass is 9.74. The molecule has 11 nitrogen and oxygen atoms in total. The summed E-state index contributed by atoms with van der Waals surface area (Å²) in [6.45, 7) is 7.72. The number of benzene rings is 2. The molecular weight excluding hydrogens is 632 g/mol. The molecule has 3 rings (SSSR count). The van der Waals surface area contributed by atoms with Crippen LogP contribution in [0.1, 0.15) is 51.7 Å². The molecule has 11 heteroatoms. The van der Waals surface area contributed by atoms with Crippen LogP contribution >= 0.6 is 0 Å². The molecule has 270 valence electrons. The Morgan fingerprint density at radius 1 is 0.939 bits per heavy atom. The molecule has 1 aliphatic heterocycles. The van der Waals surface area contributed by atoms with Crippen LogP contribution in [0.15, 0.2) is 78.4 Å². The van der Waals surface area contributed by atoms with Crippen LogP contribution in [0.4, 0.5) is 0 Å². The van der Waals surface area contributed by atoms with E-state index in [-0.39, 0.29) is 12.5 Å². The first kappa shape index (κ1) is 39.9. The van der Waals surface area contributed by atoms with Gasteiger partial charge in [0.15, 0.2) is 12.4 Å². The summed E-state index contributed by atoms with van der Waals surface area (Å²) in [6, 6.07) is 17.6. The van der Waals surface area contributed by atoms with E-state index in [2.05, 4.69) is 0 Å². The van der Waals surface area contributed by atoms with Gasteiger partial charge in [-0.3, -0.25) is 4.79 Å². The predicted molar refractivity (Wildman–Crippen MR) is 182 cm³/mol. The van der Waals surface area contributed by atoms with Gasteiger partial charge in [0.2, 0.25) is 5.79 Å². The van der Waals surface area contributed by atoms with Crippen molar-refractivity contribution >= 4 is 11.9 Å². The van der Waals surface area contributed by atoms with Crippen molar-refractivity contribution in [1.29, 1.82) is 0 Å². The van der Waals surface area contributed by atoms with Crippen LogP contribution in [0.5, 0.6) is 5.75 Å². The number of carbonyl (C=O) groups is 2. The molecule has 0 aliphatic carbocycles. The van der Waals surface area contributed by atoms with Gasteiger partial charge in [0.1, 0.15) is 5.75 Å². The molecule has 1 unspecified atom stereocenters. The van der Waals surface area contributed by atoms with Gasteiger partial charge < -0.3 is 42.6 Å². The lowest BCUT2D eigenvalue weighted by Gasteiger charge is -2.53. The van der Waals surface area contributed by atoms with E-state index in [0.29, 0.717) is 25.2 Å². The van der Waals surface area contributed by atoms with Gasteiger partial charge in [0.05, 0.1) is 45.7 Å². The molecule has 49 heavy (non-hydrogen) atoms. The highest BCUT2D eigenvalue weighted by Gasteiger charge is 2.59. The lowest BCUT2D eigenvalue weighted by molar-refractivity contribution is -0.339. The summed E-state index contributed by atoms with van der Waals surface area (Å²) < 4.78 is 53.0. The highest BCUT2D eigenvalue weighted by Crippen LogP contribution is 2.49. The molecular formula is C38H52O11. The van der Waals surface area contributed by atoms with Crippen LogP contribution in [0.3, 0.4) is 0 Å². The summed E-state index contributed by atoms with van der Waals surface area (Å²) in [4.78, 5) is 25.2. The molecule has 1 aliphatic rings. The third-order valence-electron chi connectivity index (χ3n) is 8.61. The summed E-state index contributed by atoms with van der Waals surface area (Å²) in [5, 5.41) is 0. The molecule has 0 bridgehead atoms. The lowest BCUT2D eigenvalue weighted by Crippen LogP contribution is -2.63. The van der Waals surface area contributed by atoms with Crippen LogP contribution in [-0.2, 0) is 60.7 Å². The third-order valence-corrected chi connectivity index (χ3v) is 8.61. The Bertz CT molecular complexity index is 1370. The summed E-state index contributed by atoms with van der Waals surface area (Å²) in [5.41, 5.74) is 1.49. The minimum atomic E-state index is -1.60. The molecule has 5 atom stereocenters. The molecule has 0 aromatic heterocycles. The van der Waals surface area contributed by atoms with Crippen molar-refractivity contribution in [3.63, 3.8) is 0 Å². The van der Waals surface area contributed by atoms with Crippen LogP contribution in [0.25, 0.3) is 0 Å². The highest BCUT2D eigenvalue weighted by atomic mass is 16.7. The van der Waals surface area contributed by atoms with Gasteiger partial charge >= 0.3 is 11.9 Å². The van der Waals surface area contributed by atoms with E-state index in [1.165, 1.54) is 41.4 Å². The molecule has 0 spiro atoms. The summed E-state index contributed by atoms with van der Waals surface area (Å²) in [7, 11) is 7.44. The Morgan fingerprint density at radius 3 is 2.14 bits per heavy atom. The van der Waals surface area contributed by atoms with E-state index < -0.39 is 47.7 Å². The molecule has 0 N–H and O–H groups in total. The number of rotatable bonds is 18. The average molecular weight is 685 g/mol. The fourth-order valence-corrected chi connectivity index (χ4v) is 5.85. The SMILES string of the molecule is COC(=O)/C=C1\C[C@@H](C[C@@H](OCc2ccc(OC)cc2)[C@@H](C)OCc2ccccc2)O[C@@](OC)(C(C)(C)/C=C/C(OC)OC)C1OC(C)=O. The maximum absolute atomic E-state index is 12.7. The van der Waals surface area contributed by atoms with Crippen molar-refractivity contribution in [3.8, 4) is 5.75 Å². The van der Waals surface area contributed by atoms with Gasteiger partial charge in [0.25, 0.3) is 0 Å². The molecule has 2 aromatic carbocycles. The number of ether oxygens (including phenoxy) is 9. The van der Waals surface area contributed by atoms with Crippen molar-refractivity contribution in [3.05, 3.63) is 89.5 Å². The molecule has 0 radical (unpaired) electrons. The standard InChI is InChI=1S/C38H52O11/c1-26(46-24-28-13-11-10-12-14-28)33(47-25-29-15-17-31(41-5)18-16-29)23-32-21-30(22-34(40)42-6)36(48-27(2)39)38(45-9,49-32)37(3,4)20-19-35(43-7)44-8/h10-20,22,26,32-33,35-36H,21,23-25H2,1-9H3/b20-19+,30-22+/t26-,32+,33-,36?,38-/m1/s1. The van der Waals surface area contributed by atoms with Crippen LogP contribution in [0.2, 0.25) is 0 Å². The zero-order chi connectivity index (χ0) is 36.0. The van der Waals surface area contributed by atoms with Gasteiger partial charge in [-0.05, 0) is 48.3 Å². The Labute approximate surface area is 290 Å². The van der Waals surface area contributed by atoms with E-state index >= 15 is 0 Å². The largest absolute Gasteiger partial charge is 0.497 e. The monoisotopic (exact) mass is 684 g/mol. The Kier molecular flexibility index (Phi) is 15.4. The van der Waals surface area contributed by atoms with E-state index in [0.717, 1.165) is 16.9 Å². The number of carbonyl (C=O) groups excluding carboxylic acids is 2. The number of methoxy groups -OCH3 is 5. The summed E-state index contributed by atoms with van der Waals surface area (Å²) in [5.74, 6) is -2.02. The van der Waals surface area contributed by atoms with E-state index in [1.54, 1.807) is 13.2 Å². The van der Waals surface area contributed by atoms with E-state index in [1.807, 2.05) is 81.4 Å². The van der Waals surface area contributed by atoms with Crippen molar-refractivity contribution in [2.75, 3.05) is 35.5 Å². The molecule has 1 heterocycles. The van der Waals surface area contributed by atoms with Crippen molar-refractivity contribution in [1.82, 2.24) is 0 Å². The van der Waals surface area contributed by atoms with Crippen LogP contribution in [0, 0.1) is 5.41 Å². The number of hydrogen-bond donors (Lipinski definition) is 0. The van der Waals surface area contributed by atoms with Crippen molar-refractivity contribution < 1.29 is 52.2 Å². The van der Waals surface area contributed by atoms with Crippen LogP contribution < -0.4 is 4.74 Å². The Morgan fingerprint density at radius 2 is 1.57 bits per heavy atom. The van der Waals surface area contributed by atoms with Gasteiger partial charge in [-0.2, -0.15) is 0 Å². The second kappa shape index (κ2) is 19.0. The molecule has 1 saturated heterocycles. The first-order valence-electron chi connectivity index (χ1n) is 16.2. The predicted octanol–water partition coefficient (Wildman–Crippen LogP) is 5.94. The minimum Gasteiger partial charge on any atom is -0.497 e. The zero-order valence-corrected chi connectivity index (χ0v) is 30.1. The Balaban J connectivity index is 2.03. The van der Waals surface area contributed by atoms with E-state index in [9.17, 15) is 9.59 Å². The number of hydrogen-bond acceptors (Lipinski definition) is 11. The molecule has 0 amide bonds. The molecule has 0 saturated carbocycles. The van der Waals surface area contributed by atoms with Gasteiger partial charge in [-0.1, -0.05) is 62.4 Å². The van der Waals surface area contributed by atoms with Gasteiger partial charge in [-0.15, -0.1) is 0 Å². The average Bonchev–Trinajstić information content (AvgIpc) is 3.10. The molecule has 2 aromatic rings. The third kappa shape index (κ3) is 11.0. The summed E-state index contributed by atoms with van der Waals surface area (Å²) in [6.07, 6.45) is 2.32. The van der Waals surface area contributed by atoms with Crippen molar-refractivity contribution in [2.45, 2.75) is 90.2 Å². The van der Waals surface area contributed by atoms with Crippen LogP contribution in [-0.4, -0.2) is 84.0 Å². The normalized spacial score (nSPS) is 21.9. The first-order valence-corrected chi connectivity index (χ1v) is 16.2. The Hall–Kier alpha value is -3.58. The smallest absolute Gasteiger partial charge is 0.330 e.